The molecule has 0 saturated carbocycles. The third-order valence-electron chi connectivity index (χ3n) is 1.82. The molecule has 1 aromatic rings. The molecule has 2 N–H and O–H groups in total. The molecule has 0 spiro atoms. The van der Waals surface area contributed by atoms with Crippen molar-refractivity contribution < 1.29 is 28.5 Å². The first-order valence-corrected chi connectivity index (χ1v) is 3.91. The number of hydrogen-bond donors (Lipinski definition) is 2. The Bertz CT molecular complexity index is 392. The molecular weight excluding hydrogens is 210 g/mol. The van der Waals surface area contributed by atoms with E-state index in [-0.39, 0.29) is 5.75 Å². The van der Waals surface area contributed by atoms with Gasteiger partial charge in [-0.05, 0) is 12.1 Å². The number of aliphatic hydroxyl groups excluding tert-OH is 1. The standard InChI is InChI=1S/C9H8F2O4/c1-15-5-3-2-4(10)7(11)6(5)8(12)9(13)14/h2-3,8,12H,1H3,(H,13,14). The Hall–Kier alpha value is -1.69. The number of hydrogen-bond acceptors (Lipinski definition) is 3. The van der Waals surface area contributed by atoms with Crippen LogP contribution in [0, 0.1) is 11.6 Å². The van der Waals surface area contributed by atoms with Gasteiger partial charge in [0.15, 0.2) is 17.7 Å². The number of carboxylic acid groups (broad SMARTS) is 1. The molecule has 0 aliphatic heterocycles. The van der Waals surface area contributed by atoms with E-state index in [2.05, 4.69) is 4.74 Å². The summed E-state index contributed by atoms with van der Waals surface area (Å²) in [5.41, 5.74) is -0.718. The fraction of sp³-hybridized carbons (Fsp3) is 0.222. The highest BCUT2D eigenvalue weighted by molar-refractivity contribution is 5.75. The first kappa shape index (κ1) is 11.4. The number of aliphatic hydroxyl groups is 1. The lowest BCUT2D eigenvalue weighted by Crippen LogP contribution is -2.14. The van der Waals surface area contributed by atoms with Crippen LogP contribution in [0.3, 0.4) is 0 Å². The number of halogens is 2. The van der Waals surface area contributed by atoms with Crippen molar-refractivity contribution in [2.45, 2.75) is 6.10 Å². The Labute approximate surface area is 83.7 Å². The third-order valence-corrected chi connectivity index (χ3v) is 1.82. The van der Waals surface area contributed by atoms with Gasteiger partial charge in [0.1, 0.15) is 5.75 Å². The number of ether oxygens (including phenoxy) is 1. The minimum Gasteiger partial charge on any atom is -0.496 e. The zero-order chi connectivity index (χ0) is 11.6. The van der Waals surface area contributed by atoms with Crippen LogP contribution in [0.25, 0.3) is 0 Å². The summed E-state index contributed by atoms with van der Waals surface area (Å²) in [5.74, 6) is -4.57. The minimum atomic E-state index is -2.16. The van der Waals surface area contributed by atoms with Crippen LogP contribution in [0.15, 0.2) is 12.1 Å². The van der Waals surface area contributed by atoms with Crippen LogP contribution in [-0.2, 0) is 4.79 Å². The van der Waals surface area contributed by atoms with E-state index in [4.69, 9.17) is 10.2 Å². The predicted octanol–water partition coefficient (Wildman–Crippen LogP) is 1.09. The van der Waals surface area contributed by atoms with E-state index < -0.39 is 29.3 Å². The van der Waals surface area contributed by atoms with Crippen LogP contribution in [0.5, 0.6) is 5.75 Å². The Balaban J connectivity index is 3.35. The molecule has 0 radical (unpaired) electrons. The molecular formula is C9H8F2O4. The molecule has 6 heteroatoms. The molecule has 1 unspecified atom stereocenters. The average Bonchev–Trinajstić information content (AvgIpc) is 2.20. The number of carbonyl (C=O) groups is 1. The van der Waals surface area contributed by atoms with Crippen LogP contribution in [0.2, 0.25) is 0 Å². The van der Waals surface area contributed by atoms with Crippen molar-refractivity contribution in [3.63, 3.8) is 0 Å². The number of aliphatic carboxylic acids is 1. The van der Waals surface area contributed by atoms with Gasteiger partial charge in [-0.3, -0.25) is 0 Å². The first-order valence-electron chi connectivity index (χ1n) is 3.91. The van der Waals surface area contributed by atoms with E-state index in [0.717, 1.165) is 19.2 Å². The van der Waals surface area contributed by atoms with Crippen molar-refractivity contribution >= 4 is 5.97 Å². The Kier molecular flexibility index (Phi) is 3.21. The largest absolute Gasteiger partial charge is 0.496 e. The predicted molar refractivity (Wildman–Crippen MR) is 45.5 cm³/mol. The lowest BCUT2D eigenvalue weighted by molar-refractivity contribution is -0.147. The van der Waals surface area contributed by atoms with E-state index in [0.29, 0.717) is 0 Å². The second-order valence-corrected chi connectivity index (χ2v) is 2.72. The first-order chi connectivity index (χ1) is 6.99. The smallest absolute Gasteiger partial charge is 0.337 e. The van der Waals surface area contributed by atoms with Gasteiger partial charge in [0.25, 0.3) is 0 Å². The maximum absolute atomic E-state index is 13.2. The molecule has 1 atom stereocenters. The summed E-state index contributed by atoms with van der Waals surface area (Å²) >= 11 is 0. The zero-order valence-electron chi connectivity index (χ0n) is 7.70. The van der Waals surface area contributed by atoms with Crippen LogP contribution >= 0.6 is 0 Å². The molecule has 4 nitrogen and oxygen atoms in total. The molecule has 1 rings (SSSR count). The molecule has 1 aromatic carbocycles. The van der Waals surface area contributed by atoms with Gasteiger partial charge in [0, 0.05) is 0 Å². The Morgan fingerprint density at radius 3 is 2.53 bits per heavy atom. The molecule has 0 heterocycles. The number of benzene rings is 1. The molecule has 0 aliphatic carbocycles. The van der Waals surface area contributed by atoms with Gasteiger partial charge < -0.3 is 14.9 Å². The van der Waals surface area contributed by atoms with Gasteiger partial charge in [-0.2, -0.15) is 0 Å². The van der Waals surface area contributed by atoms with Gasteiger partial charge in [-0.15, -0.1) is 0 Å². The fourth-order valence-corrected chi connectivity index (χ4v) is 1.10. The fourth-order valence-electron chi connectivity index (χ4n) is 1.10. The molecule has 0 aromatic heterocycles. The lowest BCUT2D eigenvalue weighted by atomic mass is 10.1. The number of methoxy groups -OCH3 is 1. The number of carboxylic acids is 1. The van der Waals surface area contributed by atoms with Crippen molar-refractivity contribution in [3.05, 3.63) is 29.3 Å². The minimum absolute atomic E-state index is 0.219. The Morgan fingerprint density at radius 2 is 2.07 bits per heavy atom. The molecule has 0 aliphatic rings. The van der Waals surface area contributed by atoms with Crippen molar-refractivity contribution in [2.75, 3.05) is 7.11 Å². The summed E-state index contributed by atoms with van der Waals surface area (Å²) in [5, 5.41) is 17.6. The summed E-state index contributed by atoms with van der Waals surface area (Å²) in [6.07, 6.45) is -2.16. The summed E-state index contributed by atoms with van der Waals surface area (Å²) in [6, 6.07) is 1.83. The summed E-state index contributed by atoms with van der Waals surface area (Å²) in [7, 11) is 1.16. The van der Waals surface area contributed by atoms with Gasteiger partial charge >= 0.3 is 5.97 Å². The molecule has 0 fully saturated rings. The monoisotopic (exact) mass is 218 g/mol. The second kappa shape index (κ2) is 4.22. The second-order valence-electron chi connectivity index (χ2n) is 2.72. The van der Waals surface area contributed by atoms with Crippen molar-refractivity contribution in [3.8, 4) is 5.75 Å². The Morgan fingerprint density at radius 1 is 1.47 bits per heavy atom. The van der Waals surface area contributed by atoms with Gasteiger partial charge in [-0.1, -0.05) is 0 Å². The zero-order valence-corrected chi connectivity index (χ0v) is 7.70. The lowest BCUT2D eigenvalue weighted by Gasteiger charge is -2.12. The molecule has 0 amide bonds. The SMILES string of the molecule is COc1ccc(F)c(F)c1C(O)C(=O)O. The summed E-state index contributed by atoms with van der Waals surface area (Å²) < 4.78 is 30.6. The van der Waals surface area contributed by atoms with Crippen molar-refractivity contribution in [2.24, 2.45) is 0 Å². The van der Waals surface area contributed by atoms with Gasteiger partial charge in [0.2, 0.25) is 0 Å². The molecule has 82 valence electrons. The van der Waals surface area contributed by atoms with Gasteiger partial charge in [0.05, 0.1) is 12.7 Å². The summed E-state index contributed by atoms with van der Waals surface area (Å²) in [4.78, 5) is 10.4. The van der Waals surface area contributed by atoms with E-state index >= 15 is 0 Å². The quantitative estimate of drug-likeness (QED) is 0.796. The van der Waals surface area contributed by atoms with Crippen LogP contribution in [0.4, 0.5) is 8.78 Å². The van der Waals surface area contributed by atoms with E-state index in [1.165, 1.54) is 0 Å². The number of rotatable bonds is 3. The highest BCUT2D eigenvalue weighted by atomic mass is 19.2. The highest BCUT2D eigenvalue weighted by Gasteiger charge is 2.26. The van der Waals surface area contributed by atoms with E-state index in [9.17, 15) is 13.6 Å². The van der Waals surface area contributed by atoms with E-state index in [1.54, 1.807) is 0 Å². The third kappa shape index (κ3) is 2.04. The summed E-state index contributed by atoms with van der Waals surface area (Å²) in [6.45, 7) is 0. The normalized spacial score (nSPS) is 12.3. The van der Waals surface area contributed by atoms with Gasteiger partial charge in [-0.25, -0.2) is 13.6 Å². The maximum atomic E-state index is 13.2. The van der Waals surface area contributed by atoms with E-state index in [1.807, 2.05) is 0 Å². The molecule has 0 bridgehead atoms. The molecule has 0 saturated heterocycles. The van der Waals surface area contributed by atoms with Crippen molar-refractivity contribution in [1.29, 1.82) is 0 Å². The average molecular weight is 218 g/mol. The topological polar surface area (TPSA) is 66.8 Å². The van der Waals surface area contributed by atoms with Crippen LogP contribution in [0.1, 0.15) is 11.7 Å². The maximum Gasteiger partial charge on any atom is 0.337 e. The molecule has 15 heavy (non-hydrogen) atoms. The van der Waals surface area contributed by atoms with Crippen LogP contribution < -0.4 is 4.74 Å². The van der Waals surface area contributed by atoms with Crippen LogP contribution in [-0.4, -0.2) is 23.3 Å². The highest BCUT2D eigenvalue weighted by Crippen LogP contribution is 2.29. The van der Waals surface area contributed by atoms with Crippen molar-refractivity contribution in [1.82, 2.24) is 0 Å².